The molecule has 0 spiro atoms. The summed E-state index contributed by atoms with van der Waals surface area (Å²) in [7, 11) is 0. The van der Waals surface area contributed by atoms with E-state index >= 15 is 0 Å². The largest absolute Gasteiger partial charge is 0.395 e. The van der Waals surface area contributed by atoms with Crippen LogP contribution in [0, 0.1) is 0 Å². The molecule has 0 heterocycles. The van der Waals surface area contributed by atoms with Gasteiger partial charge >= 0.3 is 0 Å². The van der Waals surface area contributed by atoms with Gasteiger partial charge in [0.2, 0.25) is 0 Å². The van der Waals surface area contributed by atoms with Crippen LogP contribution in [0.3, 0.4) is 0 Å². The van der Waals surface area contributed by atoms with Crippen LogP contribution in [0.15, 0.2) is 0 Å². The SMILES string of the molecule is CCCCCCCCCCCCCCCCCN(CCO)CCO. The molecule has 0 fully saturated rings. The van der Waals surface area contributed by atoms with Gasteiger partial charge in [0.25, 0.3) is 0 Å². The van der Waals surface area contributed by atoms with E-state index in [0.717, 1.165) is 6.54 Å². The second-order valence-corrected chi connectivity index (χ2v) is 7.24. The van der Waals surface area contributed by atoms with Crippen molar-refractivity contribution < 1.29 is 10.2 Å². The van der Waals surface area contributed by atoms with Crippen LogP contribution in [0.5, 0.6) is 0 Å². The molecule has 0 radical (unpaired) electrons. The van der Waals surface area contributed by atoms with Crippen molar-refractivity contribution in [2.24, 2.45) is 0 Å². The summed E-state index contributed by atoms with van der Waals surface area (Å²) in [5.41, 5.74) is 0. The summed E-state index contributed by atoms with van der Waals surface area (Å²) in [5, 5.41) is 17.9. The summed E-state index contributed by atoms with van der Waals surface area (Å²) >= 11 is 0. The number of hydrogen-bond acceptors (Lipinski definition) is 3. The van der Waals surface area contributed by atoms with Crippen LogP contribution in [-0.4, -0.2) is 48.0 Å². The van der Waals surface area contributed by atoms with Crippen molar-refractivity contribution in [1.29, 1.82) is 0 Å². The number of rotatable bonds is 20. The third-order valence-electron chi connectivity index (χ3n) is 4.91. The molecule has 2 N–H and O–H groups in total. The van der Waals surface area contributed by atoms with Gasteiger partial charge < -0.3 is 10.2 Å². The van der Waals surface area contributed by atoms with Crippen LogP contribution in [0.1, 0.15) is 103 Å². The molecule has 0 amide bonds. The maximum Gasteiger partial charge on any atom is 0.0558 e. The van der Waals surface area contributed by atoms with Gasteiger partial charge in [-0.2, -0.15) is 0 Å². The number of unbranched alkanes of at least 4 members (excludes halogenated alkanes) is 14. The van der Waals surface area contributed by atoms with Crippen LogP contribution in [0.4, 0.5) is 0 Å². The fourth-order valence-electron chi connectivity index (χ4n) is 3.32. The molecule has 0 unspecified atom stereocenters. The highest BCUT2D eigenvalue weighted by molar-refractivity contribution is 4.57. The molecule has 0 aliphatic rings. The Morgan fingerprint density at radius 2 is 0.792 bits per heavy atom. The first-order chi connectivity index (χ1) is 11.8. The summed E-state index contributed by atoms with van der Waals surface area (Å²) < 4.78 is 0. The van der Waals surface area contributed by atoms with Crippen LogP contribution >= 0.6 is 0 Å². The Balaban J connectivity index is 3.14. The fraction of sp³-hybridized carbons (Fsp3) is 1.00. The Hall–Kier alpha value is -0.120. The summed E-state index contributed by atoms with van der Waals surface area (Å²) in [6, 6.07) is 0. The van der Waals surface area contributed by atoms with E-state index in [0.29, 0.717) is 13.1 Å². The van der Waals surface area contributed by atoms with E-state index in [2.05, 4.69) is 11.8 Å². The summed E-state index contributed by atoms with van der Waals surface area (Å²) in [6.45, 7) is 5.07. The van der Waals surface area contributed by atoms with E-state index < -0.39 is 0 Å². The highest BCUT2D eigenvalue weighted by Crippen LogP contribution is 2.13. The average molecular weight is 344 g/mol. The Bertz CT molecular complexity index is 218. The molecule has 146 valence electrons. The fourth-order valence-corrected chi connectivity index (χ4v) is 3.32. The third-order valence-corrected chi connectivity index (χ3v) is 4.91. The van der Waals surface area contributed by atoms with Crippen LogP contribution in [0.25, 0.3) is 0 Å². The quantitative estimate of drug-likeness (QED) is 0.301. The lowest BCUT2D eigenvalue weighted by Crippen LogP contribution is -2.30. The summed E-state index contributed by atoms with van der Waals surface area (Å²) in [6.07, 6.45) is 20.8. The number of aliphatic hydroxyl groups excluding tert-OH is 2. The zero-order chi connectivity index (χ0) is 17.7. The summed E-state index contributed by atoms with van der Waals surface area (Å²) in [4.78, 5) is 2.16. The standard InChI is InChI=1S/C21H45NO2/c1-2-3-4-5-6-7-8-9-10-11-12-13-14-15-16-17-22(18-20-23)19-21-24/h23-24H,2-21H2,1H3. The van der Waals surface area contributed by atoms with Crippen molar-refractivity contribution in [3.63, 3.8) is 0 Å². The predicted molar refractivity (Wildman–Crippen MR) is 106 cm³/mol. The molecule has 0 aromatic heterocycles. The number of hydrogen-bond donors (Lipinski definition) is 2. The highest BCUT2D eigenvalue weighted by atomic mass is 16.3. The molecule has 0 aromatic rings. The molecule has 0 aliphatic carbocycles. The van der Waals surface area contributed by atoms with Gasteiger partial charge in [-0.25, -0.2) is 0 Å². The second-order valence-electron chi connectivity index (χ2n) is 7.24. The van der Waals surface area contributed by atoms with Crippen molar-refractivity contribution in [3.8, 4) is 0 Å². The van der Waals surface area contributed by atoms with E-state index in [1.54, 1.807) is 0 Å². The molecular weight excluding hydrogens is 298 g/mol. The van der Waals surface area contributed by atoms with E-state index in [1.807, 2.05) is 0 Å². The zero-order valence-electron chi connectivity index (χ0n) is 16.5. The first-order valence-electron chi connectivity index (χ1n) is 10.8. The maximum atomic E-state index is 8.97. The van der Waals surface area contributed by atoms with Gasteiger partial charge in [-0.1, -0.05) is 96.8 Å². The monoisotopic (exact) mass is 343 g/mol. The maximum absolute atomic E-state index is 8.97. The first kappa shape index (κ1) is 23.9. The minimum Gasteiger partial charge on any atom is -0.395 e. The van der Waals surface area contributed by atoms with E-state index in [4.69, 9.17) is 10.2 Å². The second kappa shape index (κ2) is 20.9. The lowest BCUT2D eigenvalue weighted by molar-refractivity contribution is 0.159. The van der Waals surface area contributed by atoms with Gasteiger partial charge in [-0.05, 0) is 13.0 Å². The molecule has 24 heavy (non-hydrogen) atoms. The molecule has 0 bridgehead atoms. The minimum absolute atomic E-state index is 0.193. The molecule has 0 aliphatic heterocycles. The molecule has 3 heteroatoms. The van der Waals surface area contributed by atoms with Gasteiger partial charge in [0.15, 0.2) is 0 Å². The van der Waals surface area contributed by atoms with Crippen LogP contribution in [0.2, 0.25) is 0 Å². The molecule has 0 saturated heterocycles. The Morgan fingerprint density at radius 1 is 0.458 bits per heavy atom. The molecule has 3 nitrogen and oxygen atoms in total. The van der Waals surface area contributed by atoms with E-state index in [-0.39, 0.29) is 13.2 Å². The van der Waals surface area contributed by atoms with Crippen molar-refractivity contribution >= 4 is 0 Å². The molecule has 0 aromatic carbocycles. The van der Waals surface area contributed by atoms with Gasteiger partial charge in [0.1, 0.15) is 0 Å². The van der Waals surface area contributed by atoms with E-state index in [1.165, 1.54) is 96.3 Å². The Kier molecular flexibility index (Phi) is 20.8. The van der Waals surface area contributed by atoms with Gasteiger partial charge in [-0.15, -0.1) is 0 Å². The lowest BCUT2D eigenvalue weighted by Gasteiger charge is -2.19. The Labute approximate surface area is 151 Å². The third kappa shape index (κ3) is 18.2. The highest BCUT2D eigenvalue weighted by Gasteiger charge is 2.02. The zero-order valence-corrected chi connectivity index (χ0v) is 16.5. The normalized spacial score (nSPS) is 11.5. The number of nitrogens with zero attached hydrogens (tertiary/aromatic N) is 1. The van der Waals surface area contributed by atoms with Gasteiger partial charge in [0, 0.05) is 13.1 Å². The van der Waals surface area contributed by atoms with Gasteiger partial charge in [-0.3, -0.25) is 4.90 Å². The van der Waals surface area contributed by atoms with Crippen LogP contribution < -0.4 is 0 Å². The number of aliphatic hydroxyl groups is 2. The van der Waals surface area contributed by atoms with Crippen molar-refractivity contribution in [2.45, 2.75) is 103 Å². The van der Waals surface area contributed by atoms with Crippen LogP contribution in [-0.2, 0) is 0 Å². The predicted octanol–water partition coefficient (Wildman–Crippen LogP) is 5.14. The Morgan fingerprint density at radius 3 is 1.12 bits per heavy atom. The van der Waals surface area contributed by atoms with Crippen molar-refractivity contribution in [2.75, 3.05) is 32.8 Å². The van der Waals surface area contributed by atoms with E-state index in [9.17, 15) is 0 Å². The molecule has 0 rings (SSSR count). The molecular formula is C21H45NO2. The molecule has 0 saturated carbocycles. The first-order valence-corrected chi connectivity index (χ1v) is 10.8. The lowest BCUT2D eigenvalue weighted by atomic mass is 10.0. The van der Waals surface area contributed by atoms with Gasteiger partial charge in [0.05, 0.1) is 13.2 Å². The van der Waals surface area contributed by atoms with Crippen molar-refractivity contribution in [1.82, 2.24) is 4.90 Å². The molecule has 0 atom stereocenters. The summed E-state index contributed by atoms with van der Waals surface area (Å²) in [5.74, 6) is 0. The topological polar surface area (TPSA) is 43.7 Å². The van der Waals surface area contributed by atoms with Crippen molar-refractivity contribution in [3.05, 3.63) is 0 Å². The average Bonchev–Trinajstić information content (AvgIpc) is 2.58. The minimum atomic E-state index is 0.193. The smallest absolute Gasteiger partial charge is 0.0558 e.